The van der Waals surface area contributed by atoms with Gasteiger partial charge in [0, 0.05) is 6.61 Å². The Morgan fingerprint density at radius 2 is 1.81 bits per heavy atom. The highest BCUT2D eigenvalue weighted by molar-refractivity contribution is 5.27. The van der Waals surface area contributed by atoms with E-state index in [0.29, 0.717) is 5.75 Å². The van der Waals surface area contributed by atoms with Crippen molar-refractivity contribution in [1.82, 2.24) is 0 Å². The molecule has 0 radical (unpaired) electrons. The lowest BCUT2D eigenvalue weighted by molar-refractivity contribution is 0.0536. The number of aryl methyl sites for hydroxylation is 1. The number of aliphatic hydroxyl groups excluding tert-OH is 3. The molecule has 3 N–H and O–H groups in total. The maximum Gasteiger partial charge on any atom is 0.119 e. The standard InChI is InChI=1S/C12H18O4/c13-7-1-2-10-3-5-12(6-4-10)16-9-11(15)8-14/h3-6,11,13-15H,1-2,7-9H2/t11-/m0/s1. The van der Waals surface area contributed by atoms with Crippen LogP contribution in [0.3, 0.4) is 0 Å². The highest BCUT2D eigenvalue weighted by Crippen LogP contribution is 2.13. The van der Waals surface area contributed by atoms with Gasteiger partial charge in [-0.2, -0.15) is 0 Å². The number of hydrogen-bond acceptors (Lipinski definition) is 4. The predicted octanol–water partition coefficient (Wildman–Crippen LogP) is 0.343. The van der Waals surface area contributed by atoms with E-state index in [1.807, 2.05) is 24.3 Å². The molecule has 0 aliphatic heterocycles. The first kappa shape index (κ1) is 13.0. The Morgan fingerprint density at radius 3 is 2.38 bits per heavy atom. The Labute approximate surface area is 95.1 Å². The summed E-state index contributed by atoms with van der Waals surface area (Å²) in [5, 5.41) is 26.4. The van der Waals surface area contributed by atoms with Crippen molar-refractivity contribution in [2.75, 3.05) is 19.8 Å². The number of hydrogen-bond donors (Lipinski definition) is 3. The molecular weight excluding hydrogens is 208 g/mol. The molecule has 0 saturated heterocycles. The van der Waals surface area contributed by atoms with E-state index in [-0.39, 0.29) is 19.8 Å². The Kier molecular flexibility index (Phi) is 5.85. The fraction of sp³-hybridized carbons (Fsp3) is 0.500. The second-order valence-electron chi connectivity index (χ2n) is 3.62. The minimum atomic E-state index is -0.839. The number of ether oxygens (including phenoxy) is 1. The fourth-order valence-electron chi connectivity index (χ4n) is 1.28. The first-order valence-corrected chi connectivity index (χ1v) is 5.37. The van der Waals surface area contributed by atoms with E-state index in [2.05, 4.69) is 0 Å². The first-order valence-electron chi connectivity index (χ1n) is 5.37. The van der Waals surface area contributed by atoms with Gasteiger partial charge in [-0.15, -0.1) is 0 Å². The Morgan fingerprint density at radius 1 is 1.12 bits per heavy atom. The van der Waals surface area contributed by atoms with Crippen molar-refractivity contribution < 1.29 is 20.1 Å². The summed E-state index contributed by atoms with van der Waals surface area (Å²) in [6.45, 7) is -0.0119. The maximum absolute atomic E-state index is 9.09. The lowest BCUT2D eigenvalue weighted by atomic mass is 10.1. The quantitative estimate of drug-likeness (QED) is 0.627. The summed E-state index contributed by atoms with van der Waals surface area (Å²) in [5.74, 6) is 0.667. The van der Waals surface area contributed by atoms with E-state index in [1.54, 1.807) is 0 Å². The van der Waals surface area contributed by atoms with E-state index < -0.39 is 6.10 Å². The molecule has 0 amide bonds. The molecular formula is C12H18O4. The first-order chi connectivity index (χ1) is 7.76. The Hall–Kier alpha value is -1.10. The molecule has 1 atom stereocenters. The number of rotatable bonds is 7. The van der Waals surface area contributed by atoms with E-state index in [1.165, 1.54) is 0 Å². The molecule has 0 unspecified atom stereocenters. The average Bonchev–Trinajstić information content (AvgIpc) is 2.34. The normalized spacial score (nSPS) is 12.4. The van der Waals surface area contributed by atoms with E-state index >= 15 is 0 Å². The van der Waals surface area contributed by atoms with Crippen LogP contribution in [0.5, 0.6) is 5.75 Å². The van der Waals surface area contributed by atoms with Crippen LogP contribution in [0.15, 0.2) is 24.3 Å². The molecule has 4 heteroatoms. The summed E-state index contributed by atoms with van der Waals surface area (Å²) in [4.78, 5) is 0. The van der Waals surface area contributed by atoms with Crippen molar-refractivity contribution in [1.29, 1.82) is 0 Å². The molecule has 4 nitrogen and oxygen atoms in total. The van der Waals surface area contributed by atoms with Gasteiger partial charge in [0.1, 0.15) is 18.5 Å². The zero-order chi connectivity index (χ0) is 11.8. The van der Waals surface area contributed by atoms with Crippen molar-refractivity contribution in [3.63, 3.8) is 0 Å². The summed E-state index contributed by atoms with van der Waals surface area (Å²) < 4.78 is 5.26. The van der Waals surface area contributed by atoms with Crippen LogP contribution < -0.4 is 4.74 Å². The molecule has 1 rings (SSSR count). The van der Waals surface area contributed by atoms with Gasteiger partial charge in [0.25, 0.3) is 0 Å². The van der Waals surface area contributed by atoms with Gasteiger partial charge < -0.3 is 20.1 Å². The molecule has 0 fully saturated rings. The fourth-order valence-corrected chi connectivity index (χ4v) is 1.28. The zero-order valence-corrected chi connectivity index (χ0v) is 9.17. The molecule has 0 aliphatic rings. The van der Waals surface area contributed by atoms with Crippen molar-refractivity contribution in [3.8, 4) is 5.75 Å². The third-order valence-corrected chi connectivity index (χ3v) is 2.20. The van der Waals surface area contributed by atoms with E-state index in [4.69, 9.17) is 20.1 Å². The third-order valence-electron chi connectivity index (χ3n) is 2.20. The summed E-state index contributed by atoms with van der Waals surface area (Å²) in [6, 6.07) is 7.49. The van der Waals surface area contributed by atoms with Gasteiger partial charge in [-0.1, -0.05) is 12.1 Å². The lowest BCUT2D eigenvalue weighted by Crippen LogP contribution is -2.21. The Bertz CT molecular complexity index is 284. The van der Waals surface area contributed by atoms with Crippen molar-refractivity contribution in [3.05, 3.63) is 29.8 Å². The molecule has 0 aliphatic carbocycles. The van der Waals surface area contributed by atoms with Crippen LogP contribution in [0.4, 0.5) is 0 Å². The SMILES string of the molecule is OCCCc1ccc(OC[C@@H](O)CO)cc1. The number of aliphatic hydroxyl groups is 3. The monoisotopic (exact) mass is 226 g/mol. The van der Waals surface area contributed by atoms with Crippen molar-refractivity contribution in [2.45, 2.75) is 18.9 Å². The summed E-state index contributed by atoms with van der Waals surface area (Å²) in [5.41, 5.74) is 1.14. The van der Waals surface area contributed by atoms with Crippen LogP contribution >= 0.6 is 0 Å². The van der Waals surface area contributed by atoms with Crippen molar-refractivity contribution in [2.24, 2.45) is 0 Å². The molecule has 0 spiro atoms. The molecule has 0 saturated carbocycles. The highest BCUT2D eigenvalue weighted by Gasteiger charge is 2.02. The lowest BCUT2D eigenvalue weighted by Gasteiger charge is -2.10. The van der Waals surface area contributed by atoms with Crippen LogP contribution in [0.1, 0.15) is 12.0 Å². The van der Waals surface area contributed by atoms with Gasteiger partial charge in [-0.3, -0.25) is 0 Å². The van der Waals surface area contributed by atoms with E-state index in [0.717, 1.165) is 18.4 Å². The molecule has 1 aromatic carbocycles. The second-order valence-corrected chi connectivity index (χ2v) is 3.62. The smallest absolute Gasteiger partial charge is 0.119 e. The van der Waals surface area contributed by atoms with Gasteiger partial charge >= 0.3 is 0 Å². The van der Waals surface area contributed by atoms with Gasteiger partial charge in [-0.25, -0.2) is 0 Å². The average molecular weight is 226 g/mol. The van der Waals surface area contributed by atoms with Crippen LogP contribution in [0, 0.1) is 0 Å². The van der Waals surface area contributed by atoms with Crippen LogP contribution in [0.2, 0.25) is 0 Å². The summed E-state index contributed by atoms with van der Waals surface area (Å²) in [7, 11) is 0. The van der Waals surface area contributed by atoms with Crippen LogP contribution in [0.25, 0.3) is 0 Å². The van der Waals surface area contributed by atoms with Crippen LogP contribution in [-0.4, -0.2) is 41.2 Å². The minimum Gasteiger partial charge on any atom is -0.491 e. The molecule has 0 aromatic heterocycles. The summed E-state index contributed by atoms with van der Waals surface area (Å²) >= 11 is 0. The van der Waals surface area contributed by atoms with Crippen molar-refractivity contribution >= 4 is 0 Å². The highest BCUT2D eigenvalue weighted by atomic mass is 16.5. The number of benzene rings is 1. The topological polar surface area (TPSA) is 69.9 Å². The van der Waals surface area contributed by atoms with Gasteiger partial charge in [0.2, 0.25) is 0 Å². The van der Waals surface area contributed by atoms with Gasteiger partial charge in [-0.05, 0) is 30.5 Å². The Balaban J connectivity index is 2.38. The van der Waals surface area contributed by atoms with Gasteiger partial charge in [0.15, 0.2) is 0 Å². The second kappa shape index (κ2) is 7.22. The van der Waals surface area contributed by atoms with E-state index in [9.17, 15) is 0 Å². The maximum atomic E-state index is 9.09. The molecule has 90 valence electrons. The summed E-state index contributed by atoms with van der Waals surface area (Å²) in [6.07, 6.45) is 0.758. The molecule has 1 aromatic rings. The third kappa shape index (κ3) is 4.61. The molecule has 0 bridgehead atoms. The van der Waals surface area contributed by atoms with Crippen LogP contribution in [-0.2, 0) is 6.42 Å². The largest absolute Gasteiger partial charge is 0.491 e. The molecule has 16 heavy (non-hydrogen) atoms. The zero-order valence-electron chi connectivity index (χ0n) is 9.17. The van der Waals surface area contributed by atoms with Gasteiger partial charge in [0.05, 0.1) is 6.61 Å². The molecule has 0 heterocycles. The minimum absolute atomic E-state index is 0.0898. The predicted molar refractivity (Wildman–Crippen MR) is 60.4 cm³/mol.